The molecule has 0 radical (unpaired) electrons. The fourth-order valence-corrected chi connectivity index (χ4v) is 2.26. The van der Waals surface area contributed by atoms with E-state index in [0.717, 1.165) is 5.69 Å². The molecule has 0 unspecified atom stereocenters. The molecule has 1 aromatic carbocycles. The number of amides is 1. The molecule has 0 saturated heterocycles. The van der Waals surface area contributed by atoms with Crippen LogP contribution >= 0.6 is 11.3 Å². The quantitative estimate of drug-likeness (QED) is 0.892. The molecule has 0 aliphatic carbocycles. The van der Waals surface area contributed by atoms with E-state index in [1.807, 2.05) is 5.38 Å². The van der Waals surface area contributed by atoms with Gasteiger partial charge in [-0.1, -0.05) is 13.8 Å². The summed E-state index contributed by atoms with van der Waals surface area (Å²) in [4.78, 5) is 16.2. The van der Waals surface area contributed by atoms with Gasteiger partial charge in [-0.05, 0) is 30.2 Å². The number of nitrogens with zero attached hydrogens (tertiary/aromatic N) is 1. The van der Waals surface area contributed by atoms with E-state index in [4.69, 9.17) is 5.11 Å². The van der Waals surface area contributed by atoms with Crippen molar-refractivity contribution in [1.82, 2.24) is 4.98 Å². The van der Waals surface area contributed by atoms with E-state index < -0.39 is 0 Å². The first-order valence-corrected chi connectivity index (χ1v) is 6.50. The summed E-state index contributed by atoms with van der Waals surface area (Å²) in [6.45, 7) is 4.11. The van der Waals surface area contributed by atoms with Gasteiger partial charge in [0.1, 0.15) is 5.75 Å². The van der Waals surface area contributed by atoms with Crippen LogP contribution in [0.3, 0.4) is 0 Å². The summed E-state index contributed by atoms with van der Waals surface area (Å²) in [5.41, 5.74) is 1.47. The lowest BCUT2D eigenvalue weighted by Crippen LogP contribution is -2.11. The van der Waals surface area contributed by atoms with Crippen LogP contribution in [0.15, 0.2) is 29.6 Å². The normalized spacial score (nSPS) is 10.6. The first kappa shape index (κ1) is 12.6. The van der Waals surface area contributed by atoms with Crippen LogP contribution in [-0.2, 0) is 0 Å². The Labute approximate surface area is 109 Å². The van der Waals surface area contributed by atoms with Crippen molar-refractivity contribution in [1.29, 1.82) is 0 Å². The van der Waals surface area contributed by atoms with E-state index >= 15 is 0 Å². The Morgan fingerprint density at radius 1 is 1.33 bits per heavy atom. The third-order valence-electron chi connectivity index (χ3n) is 2.46. The Bertz CT molecular complexity index is 546. The van der Waals surface area contributed by atoms with Crippen LogP contribution in [-0.4, -0.2) is 16.0 Å². The van der Waals surface area contributed by atoms with Gasteiger partial charge in [0.25, 0.3) is 5.91 Å². The van der Waals surface area contributed by atoms with E-state index in [1.54, 1.807) is 12.1 Å². The topological polar surface area (TPSA) is 62.2 Å². The van der Waals surface area contributed by atoms with Crippen LogP contribution in [0.4, 0.5) is 5.13 Å². The Morgan fingerprint density at radius 3 is 2.56 bits per heavy atom. The zero-order chi connectivity index (χ0) is 13.1. The van der Waals surface area contributed by atoms with Crippen molar-refractivity contribution < 1.29 is 9.90 Å². The van der Waals surface area contributed by atoms with Gasteiger partial charge in [0.05, 0.1) is 5.69 Å². The zero-order valence-electron chi connectivity index (χ0n) is 10.2. The second-order valence-electron chi connectivity index (χ2n) is 4.23. The number of benzene rings is 1. The predicted molar refractivity (Wildman–Crippen MR) is 72.3 cm³/mol. The highest BCUT2D eigenvalue weighted by Crippen LogP contribution is 2.22. The molecule has 18 heavy (non-hydrogen) atoms. The van der Waals surface area contributed by atoms with E-state index in [0.29, 0.717) is 16.6 Å². The minimum atomic E-state index is -0.223. The summed E-state index contributed by atoms with van der Waals surface area (Å²) in [5, 5.41) is 14.4. The molecule has 5 heteroatoms. The van der Waals surface area contributed by atoms with Crippen molar-refractivity contribution >= 4 is 22.4 Å². The first-order valence-electron chi connectivity index (χ1n) is 5.62. The highest BCUT2D eigenvalue weighted by molar-refractivity contribution is 7.14. The number of carbonyl (C=O) groups excluding carboxylic acids is 1. The predicted octanol–water partition coefficient (Wildman–Crippen LogP) is 3.22. The lowest BCUT2D eigenvalue weighted by atomic mass is 10.2. The third kappa shape index (κ3) is 2.87. The molecule has 4 nitrogen and oxygen atoms in total. The van der Waals surface area contributed by atoms with E-state index in [-0.39, 0.29) is 11.7 Å². The minimum Gasteiger partial charge on any atom is -0.508 e. The molecule has 0 aliphatic heterocycles. The summed E-state index contributed by atoms with van der Waals surface area (Å²) in [5.74, 6) is 0.267. The second kappa shape index (κ2) is 5.18. The molecule has 0 aliphatic rings. The van der Waals surface area contributed by atoms with Crippen molar-refractivity contribution in [3.63, 3.8) is 0 Å². The highest BCUT2D eigenvalue weighted by atomic mass is 32.1. The number of carbonyl (C=O) groups is 1. The van der Waals surface area contributed by atoms with Gasteiger partial charge in [0, 0.05) is 10.9 Å². The standard InChI is InChI=1S/C13H14N2O2S/c1-8(2)11-7-18-13(14-11)15-12(17)9-3-5-10(16)6-4-9/h3-8,16H,1-2H3,(H,14,15,17). The van der Waals surface area contributed by atoms with E-state index in [9.17, 15) is 4.79 Å². The Balaban J connectivity index is 2.08. The van der Waals surface area contributed by atoms with Gasteiger partial charge in [-0.2, -0.15) is 0 Å². The van der Waals surface area contributed by atoms with E-state index in [2.05, 4.69) is 24.1 Å². The van der Waals surface area contributed by atoms with E-state index in [1.165, 1.54) is 23.5 Å². The molecule has 0 atom stereocenters. The maximum Gasteiger partial charge on any atom is 0.257 e. The molecule has 0 fully saturated rings. The average molecular weight is 262 g/mol. The maximum atomic E-state index is 11.9. The molecule has 2 N–H and O–H groups in total. The maximum absolute atomic E-state index is 11.9. The van der Waals surface area contributed by atoms with Crippen LogP contribution < -0.4 is 5.32 Å². The van der Waals surface area contributed by atoms with Gasteiger partial charge in [-0.25, -0.2) is 4.98 Å². The number of hydrogen-bond donors (Lipinski definition) is 2. The molecule has 1 heterocycles. The second-order valence-corrected chi connectivity index (χ2v) is 5.09. The number of aromatic nitrogens is 1. The van der Waals surface area contributed by atoms with Gasteiger partial charge in [-0.15, -0.1) is 11.3 Å². The van der Waals surface area contributed by atoms with Crippen LogP contribution in [0, 0.1) is 0 Å². The summed E-state index contributed by atoms with van der Waals surface area (Å²) in [6.07, 6.45) is 0. The fraction of sp³-hybridized carbons (Fsp3) is 0.231. The Hall–Kier alpha value is -1.88. The zero-order valence-corrected chi connectivity index (χ0v) is 11.0. The molecule has 2 aromatic rings. The number of anilines is 1. The molecule has 1 amide bonds. The first-order chi connectivity index (χ1) is 8.56. The number of rotatable bonds is 3. The number of phenols is 1. The van der Waals surface area contributed by atoms with Gasteiger partial charge in [0.15, 0.2) is 5.13 Å². The molecule has 1 aromatic heterocycles. The van der Waals surface area contributed by atoms with Gasteiger partial charge in [-0.3, -0.25) is 10.1 Å². The molecule has 0 bridgehead atoms. The summed E-state index contributed by atoms with van der Waals surface area (Å²) in [6, 6.07) is 6.11. The third-order valence-corrected chi connectivity index (χ3v) is 3.24. The largest absolute Gasteiger partial charge is 0.508 e. The van der Waals surface area contributed by atoms with Gasteiger partial charge < -0.3 is 5.11 Å². The summed E-state index contributed by atoms with van der Waals surface area (Å²) < 4.78 is 0. The molecule has 2 rings (SSSR count). The Kier molecular flexibility index (Phi) is 3.62. The average Bonchev–Trinajstić information content (AvgIpc) is 2.78. The fourth-order valence-electron chi connectivity index (χ4n) is 1.39. The van der Waals surface area contributed by atoms with Crippen LogP contribution in [0.2, 0.25) is 0 Å². The van der Waals surface area contributed by atoms with Crippen molar-refractivity contribution in [2.75, 3.05) is 5.32 Å². The van der Waals surface area contributed by atoms with Crippen LogP contribution in [0.5, 0.6) is 5.75 Å². The lowest BCUT2D eigenvalue weighted by molar-refractivity contribution is 0.102. The van der Waals surface area contributed by atoms with Crippen molar-refractivity contribution in [2.45, 2.75) is 19.8 Å². The summed E-state index contributed by atoms with van der Waals surface area (Å²) >= 11 is 1.41. The smallest absolute Gasteiger partial charge is 0.257 e. The Morgan fingerprint density at radius 2 is 2.00 bits per heavy atom. The van der Waals surface area contributed by atoms with Gasteiger partial charge in [0.2, 0.25) is 0 Å². The SMILES string of the molecule is CC(C)c1csc(NC(=O)c2ccc(O)cc2)n1. The lowest BCUT2D eigenvalue weighted by Gasteiger charge is -2.02. The molecule has 0 saturated carbocycles. The molecular formula is C13H14N2O2S. The monoisotopic (exact) mass is 262 g/mol. The highest BCUT2D eigenvalue weighted by Gasteiger charge is 2.10. The summed E-state index contributed by atoms with van der Waals surface area (Å²) in [7, 11) is 0. The number of aromatic hydroxyl groups is 1. The van der Waals surface area contributed by atoms with Crippen LogP contribution in [0.1, 0.15) is 35.8 Å². The number of phenolic OH excluding ortho intramolecular Hbond substituents is 1. The number of hydrogen-bond acceptors (Lipinski definition) is 4. The van der Waals surface area contributed by atoms with Crippen molar-refractivity contribution in [2.24, 2.45) is 0 Å². The molecular weight excluding hydrogens is 248 g/mol. The molecule has 94 valence electrons. The number of thiazole rings is 1. The van der Waals surface area contributed by atoms with Crippen LogP contribution in [0.25, 0.3) is 0 Å². The van der Waals surface area contributed by atoms with Crippen molar-refractivity contribution in [3.8, 4) is 5.75 Å². The van der Waals surface area contributed by atoms with Gasteiger partial charge >= 0.3 is 0 Å². The van der Waals surface area contributed by atoms with Crippen molar-refractivity contribution in [3.05, 3.63) is 40.9 Å². The molecule has 0 spiro atoms. The number of nitrogens with one attached hydrogen (secondary N) is 1. The minimum absolute atomic E-state index is 0.142.